The van der Waals surface area contributed by atoms with Gasteiger partial charge in [-0.05, 0) is 25.2 Å². The first-order chi connectivity index (χ1) is 16.0. The van der Waals surface area contributed by atoms with Crippen molar-refractivity contribution in [3.63, 3.8) is 0 Å². The van der Waals surface area contributed by atoms with Crippen molar-refractivity contribution in [1.29, 1.82) is 0 Å². The molecule has 11 nitrogen and oxygen atoms in total. The predicted octanol–water partition coefficient (Wildman–Crippen LogP) is 0.366. The molecule has 3 heterocycles. The van der Waals surface area contributed by atoms with Crippen LogP contribution in [-0.4, -0.2) is 85.3 Å². The smallest absolute Gasteiger partial charge is 0.464 e. The number of ether oxygens (including phenoxy) is 2. The van der Waals surface area contributed by atoms with Gasteiger partial charge in [0.2, 0.25) is 0 Å². The molecule has 15 heteroatoms. The molecule has 5 atom stereocenters. The third-order valence-corrected chi connectivity index (χ3v) is 6.21. The molecule has 1 fully saturated rings. The third kappa shape index (κ3) is 5.71. The zero-order chi connectivity index (χ0) is 25.0. The molecule has 1 saturated heterocycles. The Bertz CT molecular complexity index is 1020. The molecule has 0 aromatic carbocycles. The molecule has 5 N–H and O–H groups in total. The van der Waals surface area contributed by atoms with Gasteiger partial charge in [-0.1, -0.05) is 0 Å². The highest BCUT2D eigenvalue weighted by atomic mass is 32.2. The van der Waals surface area contributed by atoms with Gasteiger partial charge in [0.15, 0.2) is 6.23 Å². The maximum atomic E-state index is 12.5. The fourth-order valence-corrected chi connectivity index (χ4v) is 4.50. The summed E-state index contributed by atoms with van der Waals surface area (Å²) in [6, 6.07) is 0.172. The summed E-state index contributed by atoms with van der Waals surface area (Å²) >= 11 is 1.17. The predicted molar refractivity (Wildman–Crippen MR) is 114 cm³/mol. The molecule has 1 aliphatic heterocycles. The van der Waals surface area contributed by atoms with Crippen LogP contribution in [0.15, 0.2) is 18.6 Å². The number of anilines is 1. The van der Waals surface area contributed by atoms with E-state index < -0.39 is 48.6 Å². The molecule has 1 unspecified atom stereocenters. The zero-order valence-corrected chi connectivity index (χ0v) is 18.8. The number of amides is 1. The van der Waals surface area contributed by atoms with Crippen molar-refractivity contribution in [2.45, 2.75) is 50.1 Å². The van der Waals surface area contributed by atoms with Crippen molar-refractivity contribution in [1.82, 2.24) is 19.9 Å². The molecule has 3 rings (SSSR count). The van der Waals surface area contributed by atoms with Crippen LogP contribution in [0.5, 0.6) is 0 Å². The normalized spacial score (nSPS) is 23.7. The Morgan fingerprint density at radius 3 is 2.76 bits per heavy atom. The molecule has 0 aliphatic carbocycles. The second kappa shape index (κ2) is 10.8. The summed E-state index contributed by atoms with van der Waals surface area (Å²) in [7, 11) is 0. The minimum Gasteiger partial charge on any atom is -0.464 e. The summed E-state index contributed by atoms with van der Waals surface area (Å²) in [6.07, 6.45) is -6.72. The van der Waals surface area contributed by atoms with Gasteiger partial charge in [-0.25, -0.2) is 14.8 Å². The number of aromatic nitrogens is 3. The number of aliphatic hydroxyl groups is 2. The molecule has 1 amide bonds. The number of nitrogen functional groups attached to an aromatic ring is 1. The summed E-state index contributed by atoms with van der Waals surface area (Å²) < 4.78 is 49.7. The van der Waals surface area contributed by atoms with E-state index in [1.165, 1.54) is 29.6 Å². The van der Waals surface area contributed by atoms with Crippen molar-refractivity contribution < 1.29 is 42.4 Å². The van der Waals surface area contributed by atoms with Crippen LogP contribution in [0.2, 0.25) is 0 Å². The van der Waals surface area contributed by atoms with Gasteiger partial charge in [0.05, 0.1) is 18.1 Å². The summed E-state index contributed by atoms with van der Waals surface area (Å²) in [4.78, 5) is 31.2. The highest BCUT2D eigenvalue weighted by Gasteiger charge is 2.44. The van der Waals surface area contributed by atoms with E-state index >= 15 is 0 Å². The fourth-order valence-electron chi connectivity index (χ4n) is 3.43. The standard InChI is InChI=1S/C19H24F3N5O6S/c1-2-32-17(30)10(26-18(31)19(20,21)22)4-6-34-7-11-12(28)13(29)16(33-11)27-5-3-9-14(23)24-8-25-15(9)27/h3,5,8,10-13,16,28-29H,2,4,6-7H2,1H3,(H,26,31)(H2,23,24,25)/t10?,11-,12-,13-,16-/m1/s1. The SMILES string of the molecule is CCOC(=O)C(CCSC[C@H]1O[C@@H](n2ccc3c(N)ncnc32)[C@H](O)[C@@H]1O)NC(=O)C(F)(F)F. The van der Waals surface area contributed by atoms with Gasteiger partial charge in [0.25, 0.3) is 0 Å². The van der Waals surface area contributed by atoms with E-state index in [2.05, 4.69) is 9.97 Å². The van der Waals surface area contributed by atoms with Gasteiger partial charge in [0.1, 0.15) is 36.0 Å². The van der Waals surface area contributed by atoms with E-state index in [1.54, 1.807) is 17.6 Å². The average Bonchev–Trinajstić information content (AvgIpc) is 3.32. The first-order valence-corrected chi connectivity index (χ1v) is 11.4. The maximum Gasteiger partial charge on any atom is 0.471 e. The number of carbonyl (C=O) groups excluding carboxylic acids is 2. The molecule has 188 valence electrons. The van der Waals surface area contributed by atoms with Crippen LogP contribution >= 0.6 is 11.8 Å². The highest BCUT2D eigenvalue weighted by Crippen LogP contribution is 2.34. The number of carbonyl (C=O) groups is 2. The molecule has 34 heavy (non-hydrogen) atoms. The van der Waals surface area contributed by atoms with Crippen molar-refractivity contribution in [2.24, 2.45) is 0 Å². The monoisotopic (exact) mass is 507 g/mol. The van der Waals surface area contributed by atoms with Gasteiger partial charge in [-0.3, -0.25) is 4.79 Å². The Hall–Kier alpha value is -2.62. The number of nitrogens with two attached hydrogens (primary N) is 1. The first-order valence-electron chi connectivity index (χ1n) is 10.2. The van der Waals surface area contributed by atoms with E-state index in [0.29, 0.717) is 11.0 Å². The Balaban J connectivity index is 1.57. The minimum absolute atomic E-state index is 0.0591. The Morgan fingerprint density at radius 2 is 2.09 bits per heavy atom. The summed E-state index contributed by atoms with van der Waals surface area (Å²) in [5.41, 5.74) is 6.23. The Kier molecular flexibility index (Phi) is 8.22. The van der Waals surface area contributed by atoms with Crippen LogP contribution in [0.3, 0.4) is 0 Å². The lowest BCUT2D eigenvalue weighted by molar-refractivity contribution is -0.175. The van der Waals surface area contributed by atoms with Gasteiger partial charge >= 0.3 is 18.1 Å². The Morgan fingerprint density at radius 1 is 1.35 bits per heavy atom. The number of hydrogen-bond acceptors (Lipinski definition) is 10. The van der Waals surface area contributed by atoms with Crippen molar-refractivity contribution in [2.75, 3.05) is 23.8 Å². The number of nitrogens with zero attached hydrogens (tertiary/aromatic N) is 3. The number of aliphatic hydroxyl groups excluding tert-OH is 2. The van der Waals surface area contributed by atoms with Crippen molar-refractivity contribution >= 4 is 40.5 Å². The second-order valence-electron chi connectivity index (χ2n) is 7.40. The van der Waals surface area contributed by atoms with Gasteiger partial charge in [0, 0.05) is 11.9 Å². The van der Waals surface area contributed by atoms with Crippen molar-refractivity contribution in [3.05, 3.63) is 18.6 Å². The van der Waals surface area contributed by atoms with Crippen LogP contribution in [-0.2, 0) is 19.1 Å². The summed E-state index contributed by atoms with van der Waals surface area (Å²) in [5, 5.41) is 23.1. The zero-order valence-electron chi connectivity index (χ0n) is 17.9. The van der Waals surface area contributed by atoms with E-state index in [1.807, 2.05) is 0 Å². The van der Waals surface area contributed by atoms with E-state index in [4.69, 9.17) is 15.2 Å². The second-order valence-corrected chi connectivity index (χ2v) is 8.55. The van der Waals surface area contributed by atoms with Crippen LogP contribution < -0.4 is 11.1 Å². The molecule has 0 saturated carbocycles. The number of hydrogen-bond donors (Lipinski definition) is 4. The fraction of sp³-hybridized carbons (Fsp3) is 0.579. The van der Waals surface area contributed by atoms with Crippen molar-refractivity contribution in [3.8, 4) is 0 Å². The molecular formula is C19H24F3N5O6S. The van der Waals surface area contributed by atoms with Crippen LogP contribution in [0.25, 0.3) is 11.0 Å². The number of rotatable bonds is 9. The molecule has 0 bridgehead atoms. The summed E-state index contributed by atoms with van der Waals surface area (Å²) in [5.74, 6) is -2.66. The van der Waals surface area contributed by atoms with E-state index in [0.717, 1.165) is 0 Å². The average molecular weight is 507 g/mol. The number of esters is 1. The lowest BCUT2D eigenvalue weighted by Gasteiger charge is -2.19. The third-order valence-electron chi connectivity index (χ3n) is 5.12. The van der Waals surface area contributed by atoms with Crippen LogP contribution in [0.1, 0.15) is 19.6 Å². The van der Waals surface area contributed by atoms with Crippen LogP contribution in [0, 0.1) is 0 Å². The molecule has 0 radical (unpaired) electrons. The number of alkyl halides is 3. The molecule has 2 aromatic heterocycles. The highest BCUT2D eigenvalue weighted by molar-refractivity contribution is 7.99. The number of thioether (sulfide) groups is 1. The Labute approximate surface area is 195 Å². The summed E-state index contributed by atoms with van der Waals surface area (Å²) in [6.45, 7) is 1.43. The maximum absolute atomic E-state index is 12.5. The quantitative estimate of drug-likeness (QED) is 0.276. The minimum atomic E-state index is -5.14. The van der Waals surface area contributed by atoms with E-state index in [9.17, 15) is 33.0 Å². The molecule has 1 aliphatic rings. The lowest BCUT2D eigenvalue weighted by Crippen LogP contribution is -2.47. The topological polar surface area (TPSA) is 162 Å². The number of fused-ring (bicyclic) bond motifs is 1. The lowest BCUT2D eigenvalue weighted by atomic mass is 10.1. The van der Waals surface area contributed by atoms with Crippen LogP contribution in [0.4, 0.5) is 19.0 Å². The number of halogens is 3. The van der Waals surface area contributed by atoms with Gasteiger partial charge in [-0.15, -0.1) is 0 Å². The molecule has 2 aromatic rings. The molecular weight excluding hydrogens is 483 g/mol. The molecule has 0 spiro atoms. The first kappa shape index (κ1) is 26.0. The van der Waals surface area contributed by atoms with Gasteiger partial charge < -0.3 is 35.3 Å². The largest absolute Gasteiger partial charge is 0.471 e. The van der Waals surface area contributed by atoms with E-state index in [-0.39, 0.29) is 30.4 Å². The number of nitrogens with one attached hydrogen (secondary N) is 1. The van der Waals surface area contributed by atoms with Gasteiger partial charge in [-0.2, -0.15) is 24.9 Å².